The lowest BCUT2D eigenvalue weighted by atomic mass is 9.84. The van der Waals surface area contributed by atoms with Crippen molar-refractivity contribution in [3.63, 3.8) is 0 Å². The van der Waals surface area contributed by atoms with E-state index in [0.717, 1.165) is 18.9 Å². The van der Waals surface area contributed by atoms with Crippen LogP contribution in [0.25, 0.3) is 0 Å². The third kappa shape index (κ3) is 2.98. The highest BCUT2D eigenvalue weighted by atomic mass is 19.1. The first kappa shape index (κ1) is 14.5. The average molecular weight is 279 g/mol. The van der Waals surface area contributed by atoms with E-state index in [-0.39, 0.29) is 22.4 Å². The highest BCUT2D eigenvalue weighted by molar-refractivity contribution is 5.96. The lowest BCUT2D eigenvalue weighted by molar-refractivity contribution is 0.0577. The quantitative estimate of drug-likeness (QED) is 0.905. The number of benzene rings is 1. The summed E-state index contributed by atoms with van der Waals surface area (Å²) in [6, 6.07) is 3.40. The lowest BCUT2D eigenvalue weighted by Gasteiger charge is -2.38. The number of hydrogen-bond acceptors (Lipinski definition) is 2. The Morgan fingerprint density at radius 2 is 2.05 bits per heavy atom. The molecule has 1 aromatic rings. The van der Waals surface area contributed by atoms with Crippen LogP contribution in [-0.2, 0) is 0 Å². The Bertz CT molecular complexity index is 554. The summed E-state index contributed by atoms with van der Waals surface area (Å²) in [5.74, 6) is -2.35. The van der Waals surface area contributed by atoms with Crippen LogP contribution in [-0.4, -0.2) is 35.0 Å². The molecule has 4 nitrogen and oxygen atoms in total. The number of carbonyl (C=O) groups is 2. The van der Waals surface area contributed by atoms with E-state index in [9.17, 15) is 14.0 Å². The molecule has 1 heterocycles. The summed E-state index contributed by atoms with van der Waals surface area (Å²) in [6.07, 6.45) is 1.94. The fourth-order valence-electron chi connectivity index (χ4n) is 2.59. The minimum absolute atomic E-state index is 0.0331. The molecule has 5 heteroatoms. The number of amides is 1. The van der Waals surface area contributed by atoms with Gasteiger partial charge in [-0.1, -0.05) is 13.8 Å². The van der Waals surface area contributed by atoms with E-state index in [1.54, 1.807) is 4.90 Å². The van der Waals surface area contributed by atoms with E-state index in [4.69, 9.17) is 5.11 Å². The maximum absolute atomic E-state index is 13.9. The van der Waals surface area contributed by atoms with Crippen molar-refractivity contribution in [2.75, 3.05) is 13.1 Å². The predicted octanol–water partition coefficient (Wildman–Crippen LogP) is 2.79. The summed E-state index contributed by atoms with van der Waals surface area (Å²) in [5, 5.41) is 8.79. The van der Waals surface area contributed by atoms with Crippen LogP contribution >= 0.6 is 0 Å². The molecule has 0 atom stereocenters. The van der Waals surface area contributed by atoms with Crippen LogP contribution in [0.5, 0.6) is 0 Å². The normalized spacial score (nSPS) is 17.9. The van der Waals surface area contributed by atoms with Crippen LogP contribution in [0.2, 0.25) is 0 Å². The van der Waals surface area contributed by atoms with E-state index in [0.29, 0.717) is 13.1 Å². The fraction of sp³-hybridized carbons (Fsp3) is 0.467. The molecule has 1 aromatic carbocycles. The number of halogens is 1. The summed E-state index contributed by atoms with van der Waals surface area (Å²) < 4.78 is 13.9. The number of carbonyl (C=O) groups excluding carboxylic acids is 1. The van der Waals surface area contributed by atoms with E-state index >= 15 is 0 Å². The van der Waals surface area contributed by atoms with Crippen molar-refractivity contribution < 1.29 is 19.1 Å². The summed E-state index contributed by atoms with van der Waals surface area (Å²) in [7, 11) is 0. The van der Waals surface area contributed by atoms with Gasteiger partial charge in [-0.05, 0) is 36.5 Å². The van der Waals surface area contributed by atoms with Crippen molar-refractivity contribution in [1.29, 1.82) is 0 Å². The average Bonchev–Trinajstić information content (AvgIpc) is 2.36. The number of nitrogens with zero attached hydrogens (tertiary/aromatic N) is 1. The predicted molar refractivity (Wildman–Crippen MR) is 72.3 cm³/mol. The number of carboxylic acid groups (broad SMARTS) is 1. The molecule has 1 N–H and O–H groups in total. The van der Waals surface area contributed by atoms with Crippen molar-refractivity contribution >= 4 is 11.9 Å². The smallest absolute Gasteiger partial charge is 0.335 e. The summed E-state index contributed by atoms with van der Waals surface area (Å²) >= 11 is 0. The molecule has 0 bridgehead atoms. The SMILES string of the molecule is CC1(C)CCCN(C(=O)c2ccc(C(=O)O)cc2F)C1. The number of hydrogen-bond donors (Lipinski definition) is 1. The Balaban J connectivity index is 2.23. The number of piperidine rings is 1. The molecule has 0 saturated carbocycles. The van der Waals surface area contributed by atoms with Gasteiger partial charge in [0.2, 0.25) is 0 Å². The second-order valence-electron chi connectivity index (χ2n) is 5.99. The maximum atomic E-state index is 13.9. The van der Waals surface area contributed by atoms with Crippen LogP contribution in [0, 0.1) is 11.2 Å². The van der Waals surface area contributed by atoms with Gasteiger partial charge in [0, 0.05) is 13.1 Å². The maximum Gasteiger partial charge on any atom is 0.335 e. The number of rotatable bonds is 2. The minimum atomic E-state index is -1.21. The van der Waals surface area contributed by atoms with Gasteiger partial charge in [0.1, 0.15) is 5.82 Å². The van der Waals surface area contributed by atoms with Gasteiger partial charge < -0.3 is 10.0 Å². The molecule has 1 amide bonds. The topological polar surface area (TPSA) is 57.6 Å². The number of likely N-dealkylation sites (tertiary alicyclic amines) is 1. The number of carboxylic acids is 1. The van der Waals surface area contributed by atoms with Crippen LogP contribution in [0.1, 0.15) is 47.4 Å². The summed E-state index contributed by atoms with van der Waals surface area (Å²) in [5.41, 5.74) is -0.184. The largest absolute Gasteiger partial charge is 0.478 e. The Labute approximate surface area is 117 Å². The van der Waals surface area contributed by atoms with Crippen LogP contribution < -0.4 is 0 Å². The molecular weight excluding hydrogens is 261 g/mol. The molecule has 1 fully saturated rings. The van der Waals surface area contributed by atoms with Crippen molar-refractivity contribution in [3.05, 3.63) is 35.1 Å². The highest BCUT2D eigenvalue weighted by Crippen LogP contribution is 2.29. The van der Waals surface area contributed by atoms with E-state index in [1.807, 2.05) is 0 Å². The van der Waals surface area contributed by atoms with Gasteiger partial charge in [0.15, 0.2) is 0 Å². The monoisotopic (exact) mass is 279 g/mol. The van der Waals surface area contributed by atoms with Crippen LogP contribution in [0.4, 0.5) is 4.39 Å². The van der Waals surface area contributed by atoms with E-state index < -0.39 is 11.8 Å². The van der Waals surface area contributed by atoms with Crippen LogP contribution in [0.15, 0.2) is 18.2 Å². The molecule has 0 unspecified atom stereocenters. The summed E-state index contributed by atoms with van der Waals surface area (Å²) in [6.45, 7) is 5.36. The second kappa shape index (κ2) is 5.23. The third-order valence-electron chi connectivity index (χ3n) is 3.63. The van der Waals surface area contributed by atoms with Gasteiger partial charge in [-0.2, -0.15) is 0 Å². The van der Waals surface area contributed by atoms with Gasteiger partial charge in [-0.15, -0.1) is 0 Å². The lowest BCUT2D eigenvalue weighted by Crippen LogP contribution is -2.43. The van der Waals surface area contributed by atoms with Crippen molar-refractivity contribution in [1.82, 2.24) is 4.90 Å². The minimum Gasteiger partial charge on any atom is -0.478 e. The summed E-state index contributed by atoms with van der Waals surface area (Å²) in [4.78, 5) is 24.7. The molecule has 0 aromatic heterocycles. The molecule has 0 spiro atoms. The Kier molecular flexibility index (Phi) is 3.79. The molecule has 1 aliphatic rings. The van der Waals surface area contributed by atoms with Gasteiger partial charge >= 0.3 is 5.97 Å². The first-order valence-corrected chi connectivity index (χ1v) is 6.62. The zero-order valence-electron chi connectivity index (χ0n) is 11.6. The highest BCUT2D eigenvalue weighted by Gasteiger charge is 2.30. The molecule has 0 aliphatic carbocycles. The Morgan fingerprint density at radius 1 is 1.35 bits per heavy atom. The van der Waals surface area contributed by atoms with Crippen molar-refractivity contribution in [3.8, 4) is 0 Å². The molecular formula is C15H18FNO3. The Morgan fingerprint density at radius 3 is 2.60 bits per heavy atom. The van der Waals surface area contributed by atoms with E-state index in [1.165, 1.54) is 12.1 Å². The molecule has 1 saturated heterocycles. The third-order valence-corrected chi connectivity index (χ3v) is 3.63. The standard InChI is InChI=1S/C15H18FNO3/c1-15(2)6-3-7-17(9-15)13(18)11-5-4-10(14(19)20)8-12(11)16/h4-5,8H,3,6-7,9H2,1-2H3,(H,19,20). The molecule has 1 aliphatic heterocycles. The molecule has 108 valence electrons. The van der Waals surface area contributed by atoms with Gasteiger partial charge in [-0.25, -0.2) is 9.18 Å². The first-order chi connectivity index (χ1) is 9.30. The van der Waals surface area contributed by atoms with Crippen molar-refractivity contribution in [2.24, 2.45) is 5.41 Å². The van der Waals surface area contributed by atoms with Crippen LogP contribution in [0.3, 0.4) is 0 Å². The molecule has 2 rings (SSSR count). The fourth-order valence-corrected chi connectivity index (χ4v) is 2.59. The van der Waals surface area contributed by atoms with Gasteiger partial charge in [0.25, 0.3) is 5.91 Å². The zero-order chi connectivity index (χ0) is 14.9. The van der Waals surface area contributed by atoms with Crippen molar-refractivity contribution in [2.45, 2.75) is 26.7 Å². The number of aromatic carboxylic acids is 1. The zero-order valence-corrected chi connectivity index (χ0v) is 11.6. The van der Waals surface area contributed by atoms with Gasteiger partial charge in [-0.3, -0.25) is 4.79 Å². The second-order valence-corrected chi connectivity index (χ2v) is 5.99. The first-order valence-electron chi connectivity index (χ1n) is 6.62. The molecule has 20 heavy (non-hydrogen) atoms. The Hall–Kier alpha value is -1.91. The van der Waals surface area contributed by atoms with Gasteiger partial charge in [0.05, 0.1) is 11.1 Å². The van der Waals surface area contributed by atoms with E-state index in [2.05, 4.69) is 13.8 Å². The molecule has 0 radical (unpaired) electrons.